The van der Waals surface area contributed by atoms with Gasteiger partial charge < -0.3 is 4.74 Å². The van der Waals surface area contributed by atoms with Gasteiger partial charge in [-0.1, -0.05) is 30.3 Å². The second-order valence-electron chi connectivity index (χ2n) is 4.66. The van der Waals surface area contributed by atoms with Gasteiger partial charge in [-0.05, 0) is 32.3 Å². The van der Waals surface area contributed by atoms with Crippen LogP contribution < -0.4 is 0 Å². The molecule has 1 rings (SSSR count). The number of aryl methyl sites for hydroxylation is 1. The van der Waals surface area contributed by atoms with Crippen LogP contribution in [0.5, 0.6) is 0 Å². The van der Waals surface area contributed by atoms with Crippen molar-refractivity contribution in [2.75, 3.05) is 18.1 Å². The molecular formula is C14H22O3S. The first-order valence-corrected chi connectivity index (χ1v) is 8.18. The van der Waals surface area contributed by atoms with Gasteiger partial charge in [-0.3, -0.25) is 0 Å². The largest absolute Gasteiger partial charge is 0.378 e. The van der Waals surface area contributed by atoms with Gasteiger partial charge in [-0.15, -0.1) is 0 Å². The smallest absolute Gasteiger partial charge is 0.152 e. The van der Waals surface area contributed by atoms with Crippen LogP contribution in [0.15, 0.2) is 30.3 Å². The van der Waals surface area contributed by atoms with Crippen LogP contribution in [0.25, 0.3) is 0 Å². The Morgan fingerprint density at radius 3 is 2.39 bits per heavy atom. The molecule has 0 radical (unpaired) electrons. The lowest BCUT2D eigenvalue weighted by Gasteiger charge is -2.08. The normalized spacial score (nSPS) is 11.9. The molecule has 0 aromatic heterocycles. The van der Waals surface area contributed by atoms with Crippen molar-refractivity contribution >= 4 is 9.84 Å². The van der Waals surface area contributed by atoms with E-state index in [9.17, 15) is 8.42 Å². The van der Waals surface area contributed by atoms with Crippen LogP contribution in [0.2, 0.25) is 0 Å². The van der Waals surface area contributed by atoms with Crippen molar-refractivity contribution in [3.63, 3.8) is 0 Å². The maximum atomic E-state index is 11.7. The molecule has 0 amide bonds. The standard InChI is InChI=1S/C14H22O3S/c1-13(2)17-10-12-18(15,16)11-6-9-14-7-4-3-5-8-14/h3-5,7-8,13H,6,9-12H2,1-2H3. The third-order valence-electron chi connectivity index (χ3n) is 2.61. The number of hydrogen-bond donors (Lipinski definition) is 0. The number of benzene rings is 1. The molecule has 102 valence electrons. The summed E-state index contributed by atoms with van der Waals surface area (Å²) in [6.45, 7) is 4.11. The van der Waals surface area contributed by atoms with Crippen LogP contribution in [-0.4, -0.2) is 32.6 Å². The van der Waals surface area contributed by atoms with Crippen LogP contribution in [0.4, 0.5) is 0 Å². The molecule has 0 aliphatic rings. The second kappa shape index (κ2) is 7.54. The van der Waals surface area contributed by atoms with E-state index >= 15 is 0 Å². The molecule has 0 aliphatic heterocycles. The Kier molecular flexibility index (Phi) is 6.36. The van der Waals surface area contributed by atoms with E-state index in [1.807, 2.05) is 44.2 Å². The van der Waals surface area contributed by atoms with Crippen molar-refractivity contribution in [2.24, 2.45) is 0 Å². The summed E-state index contributed by atoms with van der Waals surface area (Å²) < 4.78 is 28.7. The molecule has 0 saturated carbocycles. The lowest BCUT2D eigenvalue weighted by Crippen LogP contribution is -2.18. The van der Waals surface area contributed by atoms with E-state index < -0.39 is 9.84 Å². The predicted octanol–water partition coefficient (Wildman–Crippen LogP) is 2.46. The monoisotopic (exact) mass is 270 g/mol. The zero-order chi connectivity index (χ0) is 13.4. The summed E-state index contributed by atoms with van der Waals surface area (Å²) >= 11 is 0. The molecule has 3 nitrogen and oxygen atoms in total. The van der Waals surface area contributed by atoms with Gasteiger partial charge in [0.05, 0.1) is 24.2 Å². The molecule has 1 aromatic carbocycles. The van der Waals surface area contributed by atoms with Gasteiger partial charge in [0.2, 0.25) is 0 Å². The number of hydrogen-bond acceptors (Lipinski definition) is 3. The van der Waals surface area contributed by atoms with Crippen molar-refractivity contribution in [3.05, 3.63) is 35.9 Å². The highest BCUT2D eigenvalue weighted by molar-refractivity contribution is 7.91. The van der Waals surface area contributed by atoms with E-state index in [1.165, 1.54) is 5.56 Å². The zero-order valence-corrected chi connectivity index (χ0v) is 11.9. The third-order valence-corrected chi connectivity index (χ3v) is 4.31. The summed E-state index contributed by atoms with van der Waals surface area (Å²) in [5, 5.41) is 0. The van der Waals surface area contributed by atoms with E-state index in [1.54, 1.807) is 0 Å². The van der Waals surface area contributed by atoms with Gasteiger partial charge in [0.1, 0.15) is 0 Å². The fourth-order valence-electron chi connectivity index (χ4n) is 1.65. The third kappa shape index (κ3) is 6.77. The van der Waals surface area contributed by atoms with E-state index in [0.29, 0.717) is 13.0 Å². The van der Waals surface area contributed by atoms with Crippen LogP contribution in [-0.2, 0) is 21.0 Å². The van der Waals surface area contributed by atoms with Gasteiger partial charge in [-0.2, -0.15) is 0 Å². The van der Waals surface area contributed by atoms with Crippen LogP contribution in [0.3, 0.4) is 0 Å². The van der Waals surface area contributed by atoms with Crippen LogP contribution in [0.1, 0.15) is 25.8 Å². The molecule has 0 unspecified atom stereocenters. The van der Waals surface area contributed by atoms with Crippen molar-refractivity contribution in [1.29, 1.82) is 0 Å². The van der Waals surface area contributed by atoms with Crippen molar-refractivity contribution in [2.45, 2.75) is 32.8 Å². The van der Waals surface area contributed by atoms with Gasteiger partial charge in [0.25, 0.3) is 0 Å². The maximum Gasteiger partial charge on any atom is 0.152 e. The highest BCUT2D eigenvalue weighted by Gasteiger charge is 2.10. The SMILES string of the molecule is CC(C)OCCS(=O)(=O)CCCc1ccccc1. The van der Waals surface area contributed by atoms with Crippen molar-refractivity contribution in [1.82, 2.24) is 0 Å². The summed E-state index contributed by atoms with van der Waals surface area (Å²) in [6.07, 6.45) is 1.57. The van der Waals surface area contributed by atoms with E-state index in [0.717, 1.165) is 6.42 Å². The topological polar surface area (TPSA) is 43.4 Å². The lowest BCUT2D eigenvalue weighted by atomic mass is 10.1. The Morgan fingerprint density at radius 2 is 1.78 bits per heavy atom. The molecule has 0 fully saturated rings. The van der Waals surface area contributed by atoms with Crippen molar-refractivity contribution in [3.8, 4) is 0 Å². The van der Waals surface area contributed by atoms with Crippen molar-refractivity contribution < 1.29 is 13.2 Å². The van der Waals surface area contributed by atoms with Gasteiger partial charge in [0.15, 0.2) is 9.84 Å². The average molecular weight is 270 g/mol. The fourth-order valence-corrected chi connectivity index (χ4v) is 2.79. The van der Waals surface area contributed by atoms with Gasteiger partial charge in [0, 0.05) is 0 Å². The van der Waals surface area contributed by atoms with Gasteiger partial charge in [-0.25, -0.2) is 8.42 Å². The fraction of sp³-hybridized carbons (Fsp3) is 0.571. The number of ether oxygens (including phenoxy) is 1. The quantitative estimate of drug-likeness (QED) is 0.729. The number of rotatable bonds is 8. The molecule has 0 N–H and O–H groups in total. The van der Waals surface area contributed by atoms with Crippen LogP contribution >= 0.6 is 0 Å². The Labute approximate surface area is 110 Å². The highest BCUT2D eigenvalue weighted by Crippen LogP contribution is 2.04. The molecule has 0 bridgehead atoms. The zero-order valence-electron chi connectivity index (χ0n) is 11.1. The molecule has 4 heteroatoms. The second-order valence-corrected chi connectivity index (χ2v) is 6.96. The molecular weight excluding hydrogens is 248 g/mol. The Morgan fingerprint density at radius 1 is 1.11 bits per heavy atom. The maximum absolute atomic E-state index is 11.7. The molecule has 0 saturated heterocycles. The molecule has 1 aromatic rings. The van der Waals surface area contributed by atoms with E-state index in [-0.39, 0.29) is 17.6 Å². The number of sulfone groups is 1. The predicted molar refractivity (Wildman–Crippen MR) is 74.5 cm³/mol. The molecule has 0 aliphatic carbocycles. The Hall–Kier alpha value is -0.870. The minimum absolute atomic E-state index is 0.0875. The van der Waals surface area contributed by atoms with Gasteiger partial charge >= 0.3 is 0 Å². The first-order valence-electron chi connectivity index (χ1n) is 6.35. The summed E-state index contributed by atoms with van der Waals surface area (Å²) in [6, 6.07) is 9.95. The lowest BCUT2D eigenvalue weighted by molar-refractivity contribution is 0.0912. The minimum atomic E-state index is -2.97. The molecule has 18 heavy (non-hydrogen) atoms. The Balaban J connectivity index is 2.25. The minimum Gasteiger partial charge on any atom is -0.378 e. The Bertz CT molecular complexity index is 424. The summed E-state index contributed by atoms with van der Waals surface area (Å²) in [4.78, 5) is 0. The van der Waals surface area contributed by atoms with Crippen LogP contribution in [0, 0.1) is 0 Å². The summed E-state index contributed by atoms with van der Waals surface area (Å²) in [7, 11) is -2.97. The first-order chi connectivity index (χ1) is 8.49. The summed E-state index contributed by atoms with van der Waals surface area (Å²) in [5.74, 6) is 0.364. The first kappa shape index (κ1) is 15.2. The van der Waals surface area contributed by atoms with E-state index in [4.69, 9.17) is 4.74 Å². The molecule has 0 heterocycles. The van der Waals surface area contributed by atoms with E-state index in [2.05, 4.69) is 0 Å². The molecule has 0 spiro atoms. The highest BCUT2D eigenvalue weighted by atomic mass is 32.2. The molecule has 0 atom stereocenters. The summed E-state index contributed by atoms with van der Waals surface area (Å²) in [5.41, 5.74) is 1.19. The average Bonchev–Trinajstić information content (AvgIpc) is 2.29.